The number of ether oxygens (including phenoxy) is 1. The fourth-order valence-corrected chi connectivity index (χ4v) is 3.21. The third kappa shape index (κ3) is 3.34. The number of aromatic nitrogens is 2. The maximum Gasteiger partial charge on any atom is 0.228 e. The molecular formula is C14H23N3O2. The van der Waals surface area contributed by atoms with Gasteiger partial charge in [0.25, 0.3) is 0 Å². The molecule has 1 aliphatic heterocycles. The number of hydrogen-bond donors (Lipinski definition) is 1. The Morgan fingerprint density at radius 2 is 2.11 bits per heavy atom. The van der Waals surface area contributed by atoms with E-state index < -0.39 is 0 Å². The number of nitrogens with two attached hydrogens (primary N) is 1. The zero-order valence-electron chi connectivity index (χ0n) is 11.4. The van der Waals surface area contributed by atoms with E-state index in [0.29, 0.717) is 17.7 Å². The van der Waals surface area contributed by atoms with Gasteiger partial charge in [0.05, 0.1) is 0 Å². The minimum absolute atomic E-state index is 0.172. The first-order valence-corrected chi connectivity index (χ1v) is 7.46. The summed E-state index contributed by atoms with van der Waals surface area (Å²) in [7, 11) is 0. The summed E-state index contributed by atoms with van der Waals surface area (Å²) in [6.07, 6.45) is 7.82. The maximum atomic E-state index is 6.24. The largest absolute Gasteiger partial charge is 0.381 e. The lowest BCUT2D eigenvalue weighted by atomic mass is 9.96. The van der Waals surface area contributed by atoms with Gasteiger partial charge in [-0.1, -0.05) is 18.0 Å². The van der Waals surface area contributed by atoms with E-state index in [9.17, 15) is 0 Å². The van der Waals surface area contributed by atoms with E-state index in [1.165, 1.54) is 25.7 Å². The van der Waals surface area contributed by atoms with Gasteiger partial charge in [0.1, 0.15) is 0 Å². The summed E-state index contributed by atoms with van der Waals surface area (Å²) in [6.45, 7) is 1.69. The molecule has 0 bridgehead atoms. The molecule has 0 spiro atoms. The van der Waals surface area contributed by atoms with E-state index in [1.807, 2.05) is 0 Å². The Morgan fingerprint density at radius 3 is 2.84 bits per heavy atom. The third-order valence-corrected chi connectivity index (χ3v) is 4.42. The lowest BCUT2D eigenvalue weighted by molar-refractivity contribution is 0.185. The van der Waals surface area contributed by atoms with Crippen molar-refractivity contribution in [2.75, 3.05) is 13.2 Å². The highest BCUT2D eigenvalue weighted by Gasteiger charge is 2.24. The lowest BCUT2D eigenvalue weighted by Crippen LogP contribution is -2.30. The topological polar surface area (TPSA) is 74.2 Å². The summed E-state index contributed by atoms with van der Waals surface area (Å²) in [5, 5.41) is 4.06. The summed E-state index contributed by atoms with van der Waals surface area (Å²) >= 11 is 0. The van der Waals surface area contributed by atoms with Crippen LogP contribution in [0.15, 0.2) is 4.52 Å². The van der Waals surface area contributed by atoms with Gasteiger partial charge in [0, 0.05) is 32.1 Å². The van der Waals surface area contributed by atoms with E-state index in [4.69, 9.17) is 15.0 Å². The van der Waals surface area contributed by atoms with E-state index in [-0.39, 0.29) is 6.04 Å². The molecule has 5 nitrogen and oxygen atoms in total. The van der Waals surface area contributed by atoms with Crippen molar-refractivity contribution in [3.8, 4) is 0 Å². The molecule has 2 unspecified atom stereocenters. The Balaban J connectivity index is 1.52. The zero-order valence-corrected chi connectivity index (χ0v) is 11.4. The third-order valence-electron chi connectivity index (χ3n) is 4.42. The zero-order chi connectivity index (χ0) is 13.1. The molecule has 19 heavy (non-hydrogen) atoms. The smallest absolute Gasteiger partial charge is 0.228 e. The summed E-state index contributed by atoms with van der Waals surface area (Å²) in [6, 6.07) is 0.172. The normalized spacial score (nSPS) is 26.1. The number of hydrogen-bond acceptors (Lipinski definition) is 5. The van der Waals surface area contributed by atoms with Gasteiger partial charge >= 0.3 is 0 Å². The van der Waals surface area contributed by atoms with E-state index >= 15 is 0 Å². The first-order valence-electron chi connectivity index (χ1n) is 7.46. The van der Waals surface area contributed by atoms with Crippen LogP contribution in [-0.2, 0) is 17.6 Å². The molecule has 2 aliphatic rings. The van der Waals surface area contributed by atoms with Gasteiger partial charge in [-0.3, -0.25) is 0 Å². The van der Waals surface area contributed by atoms with E-state index in [0.717, 1.165) is 38.3 Å². The van der Waals surface area contributed by atoms with Crippen molar-refractivity contribution in [2.45, 2.75) is 51.0 Å². The molecule has 2 heterocycles. The van der Waals surface area contributed by atoms with Crippen LogP contribution in [-0.4, -0.2) is 29.4 Å². The lowest BCUT2D eigenvalue weighted by Gasteiger charge is -2.16. The van der Waals surface area contributed by atoms with Crippen LogP contribution in [0.4, 0.5) is 0 Å². The summed E-state index contributed by atoms with van der Waals surface area (Å²) in [4.78, 5) is 4.47. The predicted octanol–water partition coefficient (Wildman–Crippen LogP) is 1.71. The van der Waals surface area contributed by atoms with Crippen LogP contribution in [0, 0.1) is 11.8 Å². The van der Waals surface area contributed by atoms with Crippen LogP contribution in [0.1, 0.15) is 43.8 Å². The van der Waals surface area contributed by atoms with Crippen LogP contribution in [0.5, 0.6) is 0 Å². The summed E-state index contributed by atoms with van der Waals surface area (Å²) < 4.78 is 10.7. The van der Waals surface area contributed by atoms with Crippen molar-refractivity contribution in [1.29, 1.82) is 0 Å². The molecule has 1 aliphatic carbocycles. The first-order chi connectivity index (χ1) is 9.31. The monoisotopic (exact) mass is 265 g/mol. The molecule has 1 aromatic heterocycles. The van der Waals surface area contributed by atoms with Gasteiger partial charge in [0.2, 0.25) is 5.89 Å². The highest BCUT2D eigenvalue weighted by Crippen LogP contribution is 2.28. The van der Waals surface area contributed by atoms with Gasteiger partial charge < -0.3 is 15.0 Å². The van der Waals surface area contributed by atoms with Crippen LogP contribution < -0.4 is 5.73 Å². The van der Waals surface area contributed by atoms with Gasteiger partial charge in [-0.05, 0) is 31.1 Å². The highest BCUT2D eigenvalue weighted by molar-refractivity contribution is 4.93. The molecule has 5 heteroatoms. The Hall–Kier alpha value is -0.940. The van der Waals surface area contributed by atoms with Crippen molar-refractivity contribution in [2.24, 2.45) is 17.6 Å². The molecule has 3 rings (SSSR count). The van der Waals surface area contributed by atoms with Crippen molar-refractivity contribution in [1.82, 2.24) is 10.1 Å². The minimum atomic E-state index is 0.172. The van der Waals surface area contributed by atoms with E-state index in [2.05, 4.69) is 10.1 Å². The SMILES string of the molecule is NC(Cc1nc(CC2CCOC2)no1)C1CCCC1. The maximum absolute atomic E-state index is 6.24. The van der Waals surface area contributed by atoms with Gasteiger partial charge in [0.15, 0.2) is 5.82 Å². The van der Waals surface area contributed by atoms with Crippen molar-refractivity contribution < 1.29 is 9.26 Å². The summed E-state index contributed by atoms with van der Waals surface area (Å²) in [5.41, 5.74) is 6.24. The molecular weight excluding hydrogens is 242 g/mol. The average Bonchev–Trinajstić information content (AvgIpc) is 3.10. The number of nitrogens with zero attached hydrogens (tertiary/aromatic N) is 2. The Morgan fingerprint density at radius 1 is 1.26 bits per heavy atom. The average molecular weight is 265 g/mol. The molecule has 106 valence electrons. The van der Waals surface area contributed by atoms with Gasteiger partial charge in [-0.25, -0.2) is 0 Å². The molecule has 0 aromatic carbocycles. The molecule has 0 amide bonds. The highest BCUT2D eigenvalue weighted by atomic mass is 16.5. The van der Waals surface area contributed by atoms with Crippen molar-refractivity contribution in [3.05, 3.63) is 11.7 Å². The Labute approximate surface area is 113 Å². The molecule has 1 aromatic rings. The van der Waals surface area contributed by atoms with Gasteiger partial charge in [-0.15, -0.1) is 0 Å². The van der Waals surface area contributed by atoms with Crippen molar-refractivity contribution in [3.63, 3.8) is 0 Å². The second-order valence-corrected chi connectivity index (χ2v) is 5.95. The second kappa shape index (κ2) is 6.01. The standard InChI is InChI=1S/C14H23N3O2/c15-12(11-3-1-2-4-11)8-14-16-13(17-19-14)7-10-5-6-18-9-10/h10-12H,1-9,15H2. The van der Waals surface area contributed by atoms with Crippen LogP contribution in [0.3, 0.4) is 0 Å². The minimum Gasteiger partial charge on any atom is -0.381 e. The molecule has 0 radical (unpaired) electrons. The fraction of sp³-hybridized carbons (Fsp3) is 0.857. The van der Waals surface area contributed by atoms with Gasteiger partial charge in [-0.2, -0.15) is 4.98 Å². The Kier molecular flexibility index (Phi) is 4.13. The molecule has 1 saturated heterocycles. The molecule has 2 N–H and O–H groups in total. The van der Waals surface area contributed by atoms with E-state index in [1.54, 1.807) is 0 Å². The first kappa shape index (κ1) is 13.1. The van der Waals surface area contributed by atoms with Crippen LogP contribution in [0.25, 0.3) is 0 Å². The second-order valence-electron chi connectivity index (χ2n) is 5.95. The number of rotatable bonds is 5. The summed E-state index contributed by atoms with van der Waals surface area (Å²) in [5.74, 6) is 2.70. The fourth-order valence-electron chi connectivity index (χ4n) is 3.21. The van der Waals surface area contributed by atoms with Crippen LogP contribution in [0.2, 0.25) is 0 Å². The van der Waals surface area contributed by atoms with Crippen LogP contribution >= 0.6 is 0 Å². The Bertz CT molecular complexity index is 395. The molecule has 1 saturated carbocycles. The molecule has 2 atom stereocenters. The predicted molar refractivity (Wildman–Crippen MR) is 70.6 cm³/mol. The van der Waals surface area contributed by atoms with Crippen molar-refractivity contribution >= 4 is 0 Å². The quantitative estimate of drug-likeness (QED) is 0.877. The molecule has 2 fully saturated rings.